The molecule has 0 aromatic heterocycles. The number of hydrogen-bond donors (Lipinski definition) is 2. The van der Waals surface area contributed by atoms with Crippen LogP contribution in [-0.2, 0) is 6.42 Å². The number of para-hydroxylation sites is 1. The Kier molecular flexibility index (Phi) is 10.4. The highest BCUT2D eigenvalue weighted by Gasteiger charge is 2.14. The summed E-state index contributed by atoms with van der Waals surface area (Å²) in [4.78, 5) is 0. The van der Waals surface area contributed by atoms with Gasteiger partial charge in [-0.05, 0) is 65.7 Å². The second kappa shape index (κ2) is 12.7. The van der Waals surface area contributed by atoms with Gasteiger partial charge < -0.3 is 10.6 Å². The van der Waals surface area contributed by atoms with Gasteiger partial charge in [-0.15, -0.1) is 0 Å². The van der Waals surface area contributed by atoms with E-state index in [0.717, 1.165) is 17.8 Å². The first-order chi connectivity index (χ1) is 14.4. The van der Waals surface area contributed by atoms with Crippen LogP contribution in [0.3, 0.4) is 0 Å². The number of hydrogen-bond acceptors (Lipinski definition) is 1. The summed E-state index contributed by atoms with van der Waals surface area (Å²) in [5.74, 6) is 0.880. The Balaban J connectivity index is 1.93. The molecule has 30 heavy (non-hydrogen) atoms. The van der Waals surface area contributed by atoms with Gasteiger partial charge in [-0.25, -0.2) is 0 Å². The maximum atomic E-state index is 5.64. The number of rotatable bonds is 11. The van der Waals surface area contributed by atoms with E-state index in [0.29, 0.717) is 16.9 Å². The van der Waals surface area contributed by atoms with Gasteiger partial charge in [0.25, 0.3) is 0 Å². The van der Waals surface area contributed by atoms with E-state index in [1.54, 1.807) is 0 Å². The third-order valence-electron chi connectivity index (χ3n) is 5.64. The summed E-state index contributed by atoms with van der Waals surface area (Å²) >= 11 is 5.64. The molecule has 2 nitrogen and oxygen atoms in total. The first kappa shape index (κ1) is 24.4. The highest BCUT2D eigenvalue weighted by Crippen LogP contribution is 2.32. The van der Waals surface area contributed by atoms with Crippen molar-refractivity contribution in [2.45, 2.75) is 91.4 Å². The Hall–Kier alpha value is -1.87. The topological polar surface area (TPSA) is 24.1 Å². The summed E-state index contributed by atoms with van der Waals surface area (Å²) in [6.07, 6.45) is 9.20. The summed E-state index contributed by atoms with van der Waals surface area (Å²) in [7, 11) is 0. The number of nitrogens with one attached hydrogen (secondary N) is 2. The molecule has 2 rings (SSSR count). The first-order valence-corrected chi connectivity index (χ1v) is 12.1. The predicted molar refractivity (Wildman–Crippen MR) is 138 cm³/mol. The van der Waals surface area contributed by atoms with Crippen molar-refractivity contribution in [1.82, 2.24) is 0 Å². The Bertz CT molecular complexity index is 752. The number of thiocarbonyl (C=S) groups is 1. The molecule has 2 N–H and O–H groups in total. The van der Waals surface area contributed by atoms with Crippen molar-refractivity contribution in [3.63, 3.8) is 0 Å². The quantitative estimate of drug-likeness (QED) is 0.279. The number of unbranched alkanes of at least 4 members (excludes halogenated alkanes) is 5. The monoisotopic (exact) mass is 424 g/mol. The van der Waals surface area contributed by atoms with Crippen molar-refractivity contribution in [1.29, 1.82) is 0 Å². The minimum atomic E-state index is 0.440. The van der Waals surface area contributed by atoms with E-state index in [4.69, 9.17) is 12.2 Å². The van der Waals surface area contributed by atoms with Crippen molar-refractivity contribution in [3.8, 4) is 0 Å². The van der Waals surface area contributed by atoms with E-state index < -0.39 is 0 Å². The molecule has 0 fully saturated rings. The van der Waals surface area contributed by atoms with Crippen LogP contribution in [0.5, 0.6) is 0 Å². The molecule has 0 aliphatic carbocycles. The van der Waals surface area contributed by atoms with E-state index in [9.17, 15) is 0 Å². The lowest BCUT2D eigenvalue weighted by Gasteiger charge is -2.21. The fraction of sp³-hybridized carbons (Fsp3) is 0.519. The molecule has 0 saturated carbocycles. The number of aryl methyl sites for hydroxylation is 1. The van der Waals surface area contributed by atoms with Crippen molar-refractivity contribution in [2.75, 3.05) is 10.6 Å². The van der Waals surface area contributed by atoms with Crippen LogP contribution in [0.2, 0.25) is 0 Å². The molecule has 0 atom stereocenters. The average molecular weight is 425 g/mol. The molecule has 0 aliphatic heterocycles. The van der Waals surface area contributed by atoms with E-state index in [1.807, 2.05) is 0 Å². The molecule has 0 saturated heterocycles. The van der Waals surface area contributed by atoms with Crippen LogP contribution in [0, 0.1) is 0 Å². The maximum absolute atomic E-state index is 5.64. The lowest BCUT2D eigenvalue weighted by Crippen LogP contribution is -2.21. The van der Waals surface area contributed by atoms with Gasteiger partial charge in [0.2, 0.25) is 0 Å². The molecule has 3 heteroatoms. The summed E-state index contributed by atoms with van der Waals surface area (Å²) in [5.41, 5.74) is 6.20. The highest BCUT2D eigenvalue weighted by molar-refractivity contribution is 7.80. The molecule has 0 amide bonds. The Labute approximate surface area is 189 Å². The van der Waals surface area contributed by atoms with Crippen LogP contribution < -0.4 is 10.6 Å². The molecule has 0 aliphatic rings. The van der Waals surface area contributed by atoms with E-state index in [-0.39, 0.29) is 0 Å². The molecular weight excluding hydrogens is 384 g/mol. The SMILES string of the molecule is CCCCCCCCc1ccc(NC(=S)Nc2c(C(C)C)cccc2C(C)C)cc1. The molecule has 2 aromatic carbocycles. The minimum Gasteiger partial charge on any atom is -0.332 e. The molecule has 2 aromatic rings. The van der Waals surface area contributed by atoms with Gasteiger partial charge in [-0.1, -0.05) is 97.1 Å². The fourth-order valence-electron chi connectivity index (χ4n) is 3.84. The summed E-state index contributed by atoms with van der Waals surface area (Å²) in [6.45, 7) is 11.2. The van der Waals surface area contributed by atoms with Gasteiger partial charge in [-0.3, -0.25) is 0 Å². The highest BCUT2D eigenvalue weighted by atomic mass is 32.1. The summed E-state index contributed by atoms with van der Waals surface area (Å²) in [6, 6.07) is 15.2. The van der Waals surface area contributed by atoms with Gasteiger partial charge in [0.05, 0.1) is 0 Å². The van der Waals surface area contributed by atoms with Crippen LogP contribution in [0.1, 0.15) is 102 Å². The van der Waals surface area contributed by atoms with Crippen LogP contribution in [0.4, 0.5) is 11.4 Å². The summed E-state index contributed by atoms with van der Waals surface area (Å²) < 4.78 is 0. The lowest BCUT2D eigenvalue weighted by molar-refractivity contribution is 0.607. The first-order valence-electron chi connectivity index (χ1n) is 11.7. The third kappa shape index (κ3) is 7.75. The largest absolute Gasteiger partial charge is 0.332 e. The smallest absolute Gasteiger partial charge is 0.175 e. The van der Waals surface area contributed by atoms with Gasteiger partial charge >= 0.3 is 0 Å². The minimum absolute atomic E-state index is 0.440. The van der Waals surface area contributed by atoms with E-state index in [2.05, 4.69) is 87.7 Å². The third-order valence-corrected chi connectivity index (χ3v) is 5.85. The second-order valence-corrected chi connectivity index (χ2v) is 9.32. The molecule has 0 bridgehead atoms. The zero-order valence-corrected chi connectivity index (χ0v) is 20.4. The molecule has 0 radical (unpaired) electrons. The fourth-order valence-corrected chi connectivity index (χ4v) is 4.06. The van der Waals surface area contributed by atoms with Crippen LogP contribution in [0.15, 0.2) is 42.5 Å². The molecule has 0 spiro atoms. The number of anilines is 2. The lowest BCUT2D eigenvalue weighted by atomic mass is 9.93. The normalized spacial score (nSPS) is 11.2. The average Bonchev–Trinajstić information content (AvgIpc) is 2.71. The van der Waals surface area contributed by atoms with Gasteiger partial charge in [0.15, 0.2) is 5.11 Å². The molecule has 0 heterocycles. The van der Waals surface area contributed by atoms with E-state index in [1.165, 1.54) is 55.2 Å². The van der Waals surface area contributed by atoms with Crippen LogP contribution in [0.25, 0.3) is 0 Å². The van der Waals surface area contributed by atoms with Crippen molar-refractivity contribution >= 4 is 28.7 Å². The predicted octanol–water partition coefficient (Wildman–Crippen LogP) is 8.65. The molecular formula is C27H40N2S. The summed E-state index contributed by atoms with van der Waals surface area (Å²) in [5, 5.41) is 7.49. The second-order valence-electron chi connectivity index (χ2n) is 8.91. The van der Waals surface area contributed by atoms with Gasteiger partial charge in [0, 0.05) is 11.4 Å². The van der Waals surface area contributed by atoms with Crippen LogP contribution >= 0.6 is 12.2 Å². The standard InChI is InChI=1S/C27H40N2S/c1-6-7-8-9-10-11-13-22-16-18-23(19-17-22)28-27(30)29-26-24(20(2)3)14-12-15-25(26)21(4)5/h12,14-21H,6-11,13H2,1-5H3,(H2,28,29,30). The van der Waals surface area contributed by atoms with Crippen molar-refractivity contribution < 1.29 is 0 Å². The van der Waals surface area contributed by atoms with Crippen molar-refractivity contribution in [2.24, 2.45) is 0 Å². The zero-order chi connectivity index (χ0) is 21.9. The van der Waals surface area contributed by atoms with Crippen LogP contribution in [-0.4, -0.2) is 5.11 Å². The Morgan fingerprint density at radius 1 is 0.767 bits per heavy atom. The Morgan fingerprint density at radius 3 is 1.90 bits per heavy atom. The molecule has 164 valence electrons. The number of benzene rings is 2. The molecule has 0 unspecified atom stereocenters. The maximum Gasteiger partial charge on any atom is 0.175 e. The van der Waals surface area contributed by atoms with Gasteiger partial charge in [0.1, 0.15) is 0 Å². The Morgan fingerprint density at radius 2 is 1.33 bits per heavy atom. The van der Waals surface area contributed by atoms with Crippen molar-refractivity contribution in [3.05, 3.63) is 59.2 Å². The van der Waals surface area contributed by atoms with E-state index >= 15 is 0 Å². The van der Waals surface area contributed by atoms with Gasteiger partial charge in [-0.2, -0.15) is 0 Å². The zero-order valence-electron chi connectivity index (χ0n) is 19.6.